The monoisotopic (exact) mass is 400 g/mol. The van der Waals surface area contributed by atoms with Gasteiger partial charge in [-0.05, 0) is 62.8 Å². The normalized spacial score (nSPS) is 16.1. The van der Waals surface area contributed by atoms with Crippen molar-refractivity contribution in [2.75, 3.05) is 13.1 Å². The molecule has 1 aliphatic rings. The van der Waals surface area contributed by atoms with Crippen LogP contribution in [0, 0.1) is 5.92 Å². The molecule has 2 amide bonds. The zero-order valence-electron chi connectivity index (χ0n) is 16.7. The lowest BCUT2D eigenvalue weighted by Crippen LogP contribution is -2.43. The van der Waals surface area contributed by atoms with E-state index in [0.717, 1.165) is 16.2 Å². The van der Waals surface area contributed by atoms with Crippen LogP contribution in [0.1, 0.15) is 54.9 Å². The summed E-state index contributed by atoms with van der Waals surface area (Å²) in [6.07, 6.45) is 1.51. The lowest BCUT2D eigenvalue weighted by atomic mass is 9.95. The van der Waals surface area contributed by atoms with Gasteiger partial charge in [-0.25, -0.2) is 0 Å². The number of carbonyl (C=O) groups is 2. The highest BCUT2D eigenvalue weighted by Gasteiger charge is 2.28. The molecule has 3 rings (SSSR count). The highest BCUT2D eigenvalue weighted by molar-refractivity contribution is 7.12. The van der Waals surface area contributed by atoms with Crippen LogP contribution in [0.5, 0.6) is 5.75 Å². The summed E-state index contributed by atoms with van der Waals surface area (Å²) in [5.41, 5.74) is 1.02. The van der Waals surface area contributed by atoms with Crippen LogP contribution >= 0.6 is 11.3 Å². The molecule has 1 unspecified atom stereocenters. The second-order valence-corrected chi connectivity index (χ2v) is 8.46. The molecule has 1 N–H and O–H groups in total. The fourth-order valence-electron chi connectivity index (χ4n) is 3.44. The molecule has 1 fully saturated rings. The number of piperidine rings is 1. The SMILES string of the molecule is CC(C)Oc1cccc(C(C)NC(=O)C2CCN(C(=O)c3cccs3)CC2)c1. The molecule has 0 radical (unpaired) electrons. The van der Waals surface area contributed by atoms with Crippen molar-refractivity contribution >= 4 is 23.2 Å². The smallest absolute Gasteiger partial charge is 0.263 e. The number of nitrogens with one attached hydrogen (secondary N) is 1. The predicted octanol–water partition coefficient (Wildman–Crippen LogP) is 4.26. The number of benzene rings is 1. The number of thiophene rings is 1. The fraction of sp³-hybridized carbons (Fsp3) is 0.455. The van der Waals surface area contributed by atoms with Crippen molar-refractivity contribution in [2.24, 2.45) is 5.92 Å². The Hall–Kier alpha value is -2.34. The Labute approximate surface area is 170 Å². The van der Waals surface area contributed by atoms with Crippen LogP contribution in [0.4, 0.5) is 0 Å². The minimum absolute atomic E-state index is 0.0510. The van der Waals surface area contributed by atoms with E-state index in [4.69, 9.17) is 4.74 Å². The Kier molecular flexibility index (Phi) is 6.73. The standard InChI is InChI=1S/C22H28N2O3S/c1-15(2)27-19-7-4-6-18(14-19)16(3)23-21(25)17-9-11-24(12-10-17)22(26)20-8-5-13-28-20/h4-8,13-17H,9-12H2,1-3H3,(H,23,25). The van der Waals surface area contributed by atoms with Crippen LogP contribution in [-0.4, -0.2) is 35.9 Å². The first kappa shape index (κ1) is 20.4. The minimum Gasteiger partial charge on any atom is -0.491 e. The van der Waals surface area contributed by atoms with Gasteiger partial charge in [0, 0.05) is 19.0 Å². The summed E-state index contributed by atoms with van der Waals surface area (Å²) in [4.78, 5) is 27.8. The Morgan fingerprint density at radius 1 is 1.14 bits per heavy atom. The van der Waals surface area contributed by atoms with E-state index < -0.39 is 0 Å². The van der Waals surface area contributed by atoms with E-state index in [0.29, 0.717) is 25.9 Å². The van der Waals surface area contributed by atoms with Crippen molar-refractivity contribution < 1.29 is 14.3 Å². The molecule has 0 aliphatic carbocycles. The van der Waals surface area contributed by atoms with Crippen molar-refractivity contribution in [3.05, 3.63) is 52.2 Å². The summed E-state index contributed by atoms with van der Waals surface area (Å²) in [5.74, 6) is 0.897. The van der Waals surface area contributed by atoms with E-state index in [-0.39, 0.29) is 29.9 Å². The molecule has 2 heterocycles. The van der Waals surface area contributed by atoms with Gasteiger partial charge < -0.3 is 15.0 Å². The van der Waals surface area contributed by atoms with Gasteiger partial charge in [-0.2, -0.15) is 0 Å². The number of nitrogens with zero attached hydrogens (tertiary/aromatic N) is 1. The van der Waals surface area contributed by atoms with Gasteiger partial charge in [0.2, 0.25) is 5.91 Å². The van der Waals surface area contributed by atoms with Gasteiger partial charge in [-0.1, -0.05) is 18.2 Å². The van der Waals surface area contributed by atoms with Crippen LogP contribution in [0.2, 0.25) is 0 Å². The number of ether oxygens (including phenoxy) is 1. The minimum atomic E-state index is -0.0889. The Morgan fingerprint density at radius 2 is 1.89 bits per heavy atom. The van der Waals surface area contributed by atoms with E-state index in [1.54, 1.807) is 0 Å². The third kappa shape index (κ3) is 5.13. The maximum absolute atomic E-state index is 12.7. The zero-order valence-corrected chi connectivity index (χ0v) is 17.5. The Morgan fingerprint density at radius 3 is 2.54 bits per heavy atom. The van der Waals surface area contributed by atoms with Gasteiger partial charge in [0.15, 0.2) is 0 Å². The molecular weight excluding hydrogens is 372 g/mol. The van der Waals surface area contributed by atoms with E-state index in [1.807, 2.05) is 67.4 Å². The number of hydrogen-bond acceptors (Lipinski definition) is 4. The zero-order chi connectivity index (χ0) is 20.1. The highest BCUT2D eigenvalue weighted by Crippen LogP contribution is 2.24. The molecule has 1 saturated heterocycles. The van der Waals surface area contributed by atoms with Crippen LogP contribution in [-0.2, 0) is 4.79 Å². The van der Waals surface area contributed by atoms with Gasteiger partial charge in [0.1, 0.15) is 5.75 Å². The average molecular weight is 401 g/mol. The number of amides is 2. The van der Waals surface area contributed by atoms with Crippen LogP contribution in [0.15, 0.2) is 41.8 Å². The first-order chi connectivity index (χ1) is 13.4. The van der Waals surface area contributed by atoms with Gasteiger partial charge in [0.25, 0.3) is 5.91 Å². The third-order valence-electron chi connectivity index (χ3n) is 4.97. The third-order valence-corrected chi connectivity index (χ3v) is 5.83. The van der Waals surface area contributed by atoms with E-state index >= 15 is 0 Å². The molecule has 28 heavy (non-hydrogen) atoms. The second kappa shape index (κ2) is 9.24. The highest BCUT2D eigenvalue weighted by atomic mass is 32.1. The molecule has 1 atom stereocenters. The van der Waals surface area contributed by atoms with Crippen LogP contribution in [0.25, 0.3) is 0 Å². The number of carbonyl (C=O) groups excluding carboxylic acids is 2. The molecule has 1 aromatic heterocycles. The number of hydrogen-bond donors (Lipinski definition) is 1. The van der Waals surface area contributed by atoms with E-state index in [1.165, 1.54) is 11.3 Å². The van der Waals surface area contributed by atoms with Gasteiger partial charge in [0.05, 0.1) is 17.0 Å². The molecule has 1 aromatic carbocycles. The number of rotatable bonds is 6. The van der Waals surface area contributed by atoms with Crippen molar-refractivity contribution in [3.63, 3.8) is 0 Å². The lowest BCUT2D eigenvalue weighted by molar-refractivity contribution is -0.127. The summed E-state index contributed by atoms with van der Waals surface area (Å²) in [7, 11) is 0. The Balaban J connectivity index is 1.52. The molecular formula is C22H28N2O3S. The molecule has 6 heteroatoms. The molecule has 2 aromatic rings. The average Bonchev–Trinajstić information content (AvgIpc) is 3.22. The predicted molar refractivity (Wildman–Crippen MR) is 112 cm³/mol. The number of likely N-dealkylation sites (tertiary alicyclic amines) is 1. The van der Waals surface area contributed by atoms with E-state index in [2.05, 4.69) is 5.32 Å². The van der Waals surface area contributed by atoms with Crippen LogP contribution < -0.4 is 10.1 Å². The lowest BCUT2D eigenvalue weighted by Gasteiger charge is -2.31. The van der Waals surface area contributed by atoms with Crippen molar-refractivity contribution in [1.82, 2.24) is 10.2 Å². The second-order valence-electron chi connectivity index (χ2n) is 7.51. The molecule has 0 bridgehead atoms. The van der Waals surface area contributed by atoms with Crippen molar-refractivity contribution in [1.29, 1.82) is 0 Å². The fourth-order valence-corrected chi connectivity index (χ4v) is 4.14. The van der Waals surface area contributed by atoms with Gasteiger partial charge in [-0.3, -0.25) is 9.59 Å². The summed E-state index contributed by atoms with van der Waals surface area (Å²) in [6, 6.07) is 11.5. The van der Waals surface area contributed by atoms with Gasteiger partial charge >= 0.3 is 0 Å². The first-order valence-corrected chi connectivity index (χ1v) is 10.7. The summed E-state index contributed by atoms with van der Waals surface area (Å²) in [5, 5.41) is 5.03. The largest absolute Gasteiger partial charge is 0.491 e. The maximum atomic E-state index is 12.7. The van der Waals surface area contributed by atoms with Crippen molar-refractivity contribution in [2.45, 2.75) is 45.8 Å². The topological polar surface area (TPSA) is 58.6 Å². The van der Waals surface area contributed by atoms with Crippen molar-refractivity contribution in [3.8, 4) is 5.75 Å². The quantitative estimate of drug-likeness (QED) is 0.788. The molecule has 150 valence electrons. The summed E-state index contributed by atoms with van der Waals surface area (Å²) < 4.78 is 5.74. The Bertz CT molecular complexity index is 796. The van der Waals surface area contributed by atoms with E-state index in [9.17, 15) is 9.59 Å². The summed E-state index contributed by atoms with van der Waals surface area (Å²) >= 11 is 1.46. The molecule has 5 nitrogen and oxygen atoms in total. The first-order valence-electron chi connectivity index (χ1n) is 9.84. The van der Waals surface area contributed by atoms with Crippen LogP contribution in [0.3, 0.4) is 0 Å². The summed E-state index contributed by atoms with van der Waals surface area (Å²) in [6.45, 7) is 7.23. The maximum Gasteiger partial charge on any atom is 0.263 e. The van der Waals surface area contributed by atoms with Gasteiger partial charge in [-0.15, -0.1) is 11.3 Å². The molecule has 0 saturated carbocycles. The molecule has 1 aliphatic heterocycles. The molecule has 0 spiro atoms.